The summed E-state index contributed by atoms with van der Waals surface area (Å²) in [6.45, 7) is 5.52. The van der Waals surface area contributed by atoms with Crippen molar-refractivity contribution in [1.29, 1.82) is 0 Å². The predicted molar refractivity (Wildman–Crippen MR) is 86.1 cm³/mol. The Morgan fingerprint density at radius 1 is 1.33 bits per heavy atom. The molecule has 1 aromatic heterocycles. The van der Waals surface area contributed by atoms with Gasteiger partial charge in [0.15, 0.2) is 4.47 Å². The zero-order valence-electron chi connectivity index (χ0n) is 12.1. The molecule has 0 N–H and O–H groups in total. The van der Waals surface area contributed by atoms with Gasteiger partial charge in [-0.2, -0.15) is 0 Å². The number of halogens is 1. The first kappa shape index (κ1) is 14.5. The molecule has 1 aliphatic heterocycles. The Morgan fingerprint density at radius 2 is 2.05 bits per heavy atom. The molecule has 0 radical (unpaired) electrons. The SMILES string of the molecule is CC(C)c1sc(Cl)nc1C(=O)N1CCc2ccccc2C1. The normalized spacial score (nSPS) is 14.4. The monoisotopic (exact) mass is 320 g/mol. The van der Waals surface area contributed by atoms with Crippen molar-refractivity contribution in [2.45, 2.75) is 32.7 Å². The molecule has 1 aromatic carbocycles. The van der Waals surface area contributed by atoms with Gasteiger partial charge in [0, 0.05) is 18.0 Å². The second-order valence-corrected chi connectivity index (χ2v) is 7.19. The van der Waals surface area contributed by atoms with E-state index in [1.165, 1.54) is 22.5 Å². The largest absolute Gasteiger partial charge is 0.333 e. The van der Waals surface area contributed by atoms with Crippen LogP contribution in [0.5, 0.6) is 0 Å². The van der Waals surface area contributed by atoms with Gasteiger partial charge in [-0.25, -0.2) is 4.98 Å². The van der Waals surface area contributed by atoms with E-state index in [0.717, 1.165) is 17.8 Å². The van der Waals surface area contributed by atoms with Gasteiger partial charge in [0.2, 0.25) is 0 Å². The van der Waals surface area contributed by atoms with Crippen molar-refractivity contribution in [2.24, 2.45) is 0 Å². The highest BCUT2D eigenvalue weighted by atomic mass is 35.5. The number of carbonyl (C=O) groups is 1. The number of fused-ring (bicyclic) bond motifs is 1. The van der Waals surface area contributed by atoms with Crippen molar-refractivity contribution in [3.63, 3.8) is 0 Å². The van der Waals surface area contributed by atoms with Crippen LogP contribution in [-0.2, 0) is 13.0 Å². The number of thiazole rings is 1. The van der Waals surface area contributed by atoms with E-state index in [2.05, 4.69) is 31.0 Å². The lowest BCUT2D eigenvalue weighted by atomic mass is 9.99. The fourth-order valence-electron chi connectivity index (χ4n) is 2.67. The maximum Gasteiger partial charge on any atom is 0.273 e. The number of aromatic nitrogens is 1. The van der Waals surface area contributed by atoms with Gasteiger partial charge in [-0.1, -0.05) is 49.7 Å². The molecule has 0 atom stereocenters. The molecule has 0 saturated heterocycles. The molecule has 0 aliphatic carbocycles. The van der Waals surface area contributed by atoms with E-state index in [4.69, 9.17) is 11.6 Å². The van der Waals surface area contributed by atoms with Crippen molar-refractivity contribution < 1.29 is 4.79 Å². The van der Waals surface area contributed by atoms with Crippen molar-refractivity contribution in [2.75, 3.05) is 6.54 Å². The van der Waals surface area contributed by atoms with Gasteiger partial charge in [0.25, 0.3) is 5.91 Å². The van der Waals surface area contributed by atoms with Crippen LogP contribution in [0.2, 0.25) is 4.47 Å². The minimum atomic E-state index is -0.00338. The van der Waals surface area contributed by atoms with E-state index < -0.39 is 0 Å². The average molecular weight is 321 g/mol. The van der Waals surface area contributed by atoms with E-state index >= 15 is 0 Å². The van der Waals surface area contributed by atoms with Crippen LogP contribution in [-0.4, -0.2) is 22.3 Å². The molecule has 2 heterocycles. The Labute approximate surface area is 133 Å². The summed E-state index contributed by atoms with van der Waals surface area (Å²) in [5.74, 6) is 0.252. The maximum atomic E-state index is 12.8. The maximum absolute atomic E-state index is 12.8. The fraction of sp³-hybridized carbons (Fsp3) is 0.375. The van der Waals surface area contributed by atoms with Gasteiger partial charge in [0.05, 0.1) is 0 Å². The molecule has 0 fully saturated rings. The number of hydrogen-bond acceptors (Lipinski definition) is 3. The smallest absolute Gasteiger partial charge is 0.273 e. The molecule has 21 heavy (non-hydrogen) atoms. The summed E-state index contributed by atoms with van der Waals surface area (Å²) in [6.07, 6.45) is 0.900. The lowest BCUT2D eigenvalue weighted by Crippen LogP contribution is -2.36. The molecule has 5 heteroatoms. The molecule has 1 aliphatic rings. The molecule has 2 aromatic rings. The Morgan fingerprint density at radius 3 is 2.76 bits per heavy atom. The topological polar surface area (TPSA) is 33.2 Å². The third-order valence-corrected chi connectivity index (χ3v) is 5.23. The molecule has 1 amide bonds. The van der Waals surface area contributed by atoms with E-state index in [9.17, 15) is 4.79 Å². The van der Waals surface area contributed by atoms with Gasteiger partial charge >= 0.3 is 0 Å². The van der Waals surface area contributed by atoms with Crippen LogP contribution >= 0.6 is 22.9 Å². The third-order valence-electron chi connectivity index (χ3n) is 3.77. The third kappa shape index (κ3) is 2.83. The minimum absolute atomic E-state index is 0.00338. The van der Waals surface area contributed by atoms with Crippen LogP contribution in [0.1, 0.15) is 46.3 Å². The number of nitrogens with zero attached hydrogens (tertiary/aromatic N) is 2. The number of rotatable bonds is 2. The number of hydrogen-bond donors (Lipinski definition) is 0. The Kier molecular flexibility index (Phi) is 4.00. The van der Waals surface area contributed by atoms with Crippen LogP contribution in [0, 0.1) is 0 Å². The van der Waals surface area contributed by atoms with Crippen LogP contribution in [0.25, 0.3) is 0 Å². The van der Waals surface area contributed by atoms with Gasteiger partial charge in [-0.15, -0.1) is 11.3 Å². The van der Waals surface area contributed by atoms with Crippen molar-refractivity contribution in [3.8, 4) is 0 Å². The first-order chi connectivity index (χ1) is 10.1. The van der Waals surface area contributed by atoms with E-state index in [1.54, 1.807) is 0 Å². The second-order valence-electron chi connectivity index (χ2n) is 5.58. The summed E-state index contributed by atoms with van der Waals surface area (Å²) in [5, 5.41) is 0. The summed E-state index contributed by atoms with van der Waals surface area (Å²) in [5.41, 5.74) is 3.09. The first-order valence-corrected chi connectivity index (χ1v) is 8.28. The van der Waals surface area contributed by atoms with Crippen molar-refractivity contribution in [1.82, 2.24) is 9.88 Å². The highest BCUT2D eigenvalue weighted by Crippen LogP contribution is 2.31. The van der Waals surface area contributed by atoms with Crippen LogP contribution in [0.4, 0.5) is 0 Å². The van der Waals surface area contributed by atoms with E-state index in [0.29, 0.717) is 16.7 Å². The van der Waals surface area contributed by atoms with Gasteiger partial charge in [-0.3, -0.25) is 4.79 Å². The van der Waals surface area contributed by atoms with Crippen molar-refractivity contribution >= 4 is 28.8 Å². The van der Waals surface area contributed by atoms with E-state index in [-0.39, 0.29) is 11.8 Å². The first-order valence-electron chi connectivity index (χ1n) is 7.08. The second kappa shape index (κ2) is 5.78. The number of amides is 1. The minimum Gasteiger partial charge on any atom is -0.333 e. The molecule has 110 valence electrons. The molecule has 3 rings (SSSR count). The molecule has 0 unspecified atom stereocenters. The standard InChI is InChI=1S/C16H17ClN2OS/c1-10(2)14-13(18-16(17)21-14)15(20)19-8-7-11-5-3-4-6-12(11)9-19/h3-6,10H,7-9H2,1-2H3. The van der Waals surface area contributed by atoms with Crippen LogP contribution < -0.4 is 0 Å². The lowest BCUT2D eigenvalue weighted by Gasteiger charge is -2.28. The molecular weight excluding hydrogens is 304 g/mol. The Bertz CT molecular complexity index is 681. The zero-order chi connectivity index (χ0) is 15.0. The zero-order valence-corrected chi connectivity index (χ0v) is 13.7. The average Bonchev–Trinajstić information content (AvgIpc) is 2.88. The highest BCUT2D eigenvalue weighted by Gasteiger charge is 2.27. The van der Waals surface area contributed by atoms with Gasteiger partial charge in [-0.05, 0) is 23.5 Å². The van der Waals surface area contributed by atoms with Gasteiger partial charge < -0.3 is 4.90 Å². The summed E-state index contributed by atoms with van der Waals surface area (Å²) < 4.78 is 0.444. The van der Waals surface area contributed by atoms with Gasteiger partial charge in [0.1, 0.15) is 5.69 Å². The molecule has 0 spiro atoms. The van der Waals surface area contributed by atoms with Crippen LogP contribution in [0.15, 0.2) is 24.3 Å². The molecule has 0 saturated carbocycles. The summed E-state index contributed by atoms with van der Waals surface area (Å²) in [6, 6.07) is 8.29. The fourth-order valence-corrected chi connectivity index (χ4v) is 3.79. The summed E-state index contributed by atoms with van der Waals surface area (Å²) in [7, 11) is 0. The Balaban J connectivity index is 1.87. The quantitative estimate of drug-likeness (QED) is 0.834. The Hall–Kier alpha value is -1.39. The number of benzene rings is 1. The molecule has 0 bridgehead atoms. The summed E-state index contributed by atoms with van der Waals surface area (Å²) >= 11 is 7.42. The number of carbonyl (C=O) groups excluding carboxylic acids is 1. The predicted octanol–water partition coefficient (Wildman–Crippen LogP) is 4.12. The highest BCUT2D eigenvalue weighted by molar-refractivity contribution is 7.16. The summed E-state index contributed by atoms with van der Waals surface area (Å²) in [4.78, 5) is 19.9. The van der Waals surface area contributed by atoms with E-state index in [1.807, 2.05) is 17.0 Å². The lowest BCUT2D eigenvalue weighted by molar-refractivity contribution is 0.0728. The molecule has 3 nitrogen and oxygen atoms in total. The van der Waals surface area contributed by atoms with Crippen molar-refractivity contribution in [3.05, 3.63) is 50.4 Å². The molecular formula is C16H17ClN2OS. The van der Waals surface area contributed by atoms with Crippen LogP contribution in [0.3, 0.4) is 0 Å².